The monoisotopic (exact) mass is 644 g/mol. The molecule has 1 aromatic heterocycles. The molecule has 18 heteroatoms. The van der Waals surface area contributed by atoms with E-state index in [0.717, 1.165) is 24.3 Å². The standard InChI is InChI=1S/C25H17ClN6O9S2/c26-23-28-24(27-15-3-1-5-18(10-15)32(34)35)30-25(29-23)31(16-4-2-6-19(11-16)42(36,37)38)17-8-7-14-9-20(43(39,40)41)13-22(33)21(14)12-17/h1-13,33H,(H,36,37,38)(H,39,40,41)(H,27,28,29,30). The quantitative estimate of drug-likeness (QED) is 0.0990. The van der Waals surface area contributed by atoms with E-state index in [-0.39, 0.29) is 50.7 Å². The van der Waals surface area contributed by atoms with E-state index in [1.54, 1.807) is 0 Å². The summed E-state index contributed by atoms with van der Waals surface area (Å²) in [6.45, 7) is 0. The van der Waals surface area contributed by atoms with E-state index >= 15 is 0 Å². The van der Waals surface area contributed by atoms with Crippen molar-refractivity contribution >= 4 is 77.3 Å². The fourth-order valence-electron chi connectivity index (χ4n) is 4.07. The van der Waals surface area contributed by atoms with E-state index in [1.165, 1.54) is 59.5 Å². The van der Waals surface area contributed by atoms with Crippen LogP contribution in [0.1, 0.15) is 0 Å². The number of nitrogens with zero attached hydrogens (tertiary/aromatic N) is 5. The Hall–Kier alpha value is -4.94. The second kappa shape index (κ2) is 11.0. The molecule has 15 nitrogen and oxygen atoms in total. The fraction of sp³-hybridized carbons (Fsp3) is 0. The third kappa shape index (κ3) is 6.45. The summed E-state index contributed by atoms with van der Waals surface area (Å²) in [7, 11) is -9.27. The molecule has 0 unspecified atom stereocenters. The highest BCUT2D eigenvalue weighted by atomic mass is 35.5. The third-order valence-corrected chi connectivity index (χ3v) is 7.78. The number of hydrogen-bond donors (Lipinski definition) is 4. The van der Waals surface area contributed by atoms with Gasteiger partial charge in [-0.2, -0.15) is 31.8 Å². The molecule has 0 atom stereocenters. The van der Waals surface area contributed by atoms with Crippen LogP contribution in [0.4, 0.5) is 34.6 Å². The van der Waals surface area contributed by atoms with Crippen molar-refractivity contribution in [3.05, 3.63) is 94.3 Å². The zero-order valence-electron chi connectivity index (χ0n) is 21.2. The number of anilines is 5. The topological polar surface area (TPSA) is 226 Å². The molecule has 5 aromatic rings. The normalized spacial score (nSPS) is 11.8. The molecule has 43 heavy (non-hydrogen) atoms. The van der Waals surface area contributed by atoms with Gasteiger partial charge in [0.15, 0.2) is 0 Å². The molecule has 0 saturated heterocycles. The van der Waals surface area contributed by atoms with E-state index < -0.39 is 40.7 Å². The Morgan fingerprint density at radius 1 is 0.814 bits per heavy atom. The van der Waals surface area contributed by atoms with Crippen molar-refractivity contribution in [3.63, 3.8) is 0 Å². The molecule has 0 bridgehead atoms. The lowest BCUT2D eigenvalue weighted by Gasteiger charge is -2.24. The van der Waals surface area contributed by atoms with Crippen LogP contribution in [-0.2, 0) is 20.2 Å². The first-order valence-corrected chi connectivity index (χ1v) is 15.0. The third-order valence-electron chi connectivity index (χ3n) is 5.93. The van der Waals surface area contributed by atoms with Crippen molar-refractivity contribution in [2.75, 3.05) is 10.2 Å². The molecule has 0 fully saturated rings. The molecule has 0 saturated carbocycles. The van der Waals surface area contributed by atoms with Crippen molar-refractivity contribution in [2.24, 2.45) is 0 Å². The van der Waals surface area contributed by atoms with Gasteiger partial charge in [-0.3, -0.25) is 24.1 Å². The summed E-state index contributed by atoms with van der Waals surface area (Å²) in [6, 6.07) is 16.8. The van der Waals surface area contributed by atoms with Gasteiger partial charge in [0.2, 0.25) is 17.2 Å². The van der Waals surface area contributed by atoms with Crippen molar-refractivity contribution in [3.8, 4) is 5.75 Å². The predicted molar refractivity (Wildman–Crippen MR) is 155 cm³/mol. The Labute approximate surface area is 247 Å². The summed E-state index contributed by atoms with van der Waals surface area (Å²) in [5.74, 6) is -0.831. The van der Waals surface area contributed by atoms with Crippen LogP contribution in [0.3, 0.4) is 0 Å². The smallest absolute Gasteiger partial charge is 0.294 e. The van der Waals surface area contributed by atoms with Crippen LogP contribution in [0.25, 0.3) is 10.8 Å². The molecule has 5 rings (SSSR count). The van der Waals surface area contributed by atoms with Crippen LogP contribution in [0.5, 0.6) is 5.75 Å². The zero-order chi connectivity index (χ0) is 31.1. The highest BCUT2D eigenvalue weighted by molar-refractivity contribution is 7.86. The Balaban J connectivity index is 1.69. The van der Waals surface area contributed by atoms with Gasteiger partial charge in [0.1, 0.15) is 5.75 Å². The van der Waals surface area contributed by atoms with Crippen LogP contribution in [0, 0.1) is 10.1 Å². The number of aromatic hydroxyl groups is 1. The van der Waals surface area contributed by atoms with E-state index in [2.05, 4.69) is 20.3 Å². The maximum atomic E-state index is 11.9. The Morgan fingerprint density at radius 2 is 1.51 bits per heavy atom. The lowest BCUT2D eigenvalue weighted by atomic mass is 10.1. The molecule has 220 valence electrons. The van der Waals surface area contributed by atoms with Crippen molar-refractivity contribution in [1.82, 2.24) is 15.0 Å². The van der Waals surface area contributed by atoms with Crippen LogP contribution in [0.2, 0.25) is 5.28 Å². The minimum Gasteiger partial charge on any atom is -0.507 e. The van der Waals surface area contributed by atoms with E-state index in [1.807, 2.05) is 0 Å². The van der Waals surface area contributed by atoms with Gasteiger partial charge in [0, 0.05) is 35.0 Å². The van der Waals surface area contributed by atoms with Gasteiger partial charge < -0.3 is 10.4 Å². The second-order valence-electron chi connectivity index (χ2n) is 8.79. The zero-order valence-corrected chi connectivity index (χ0v) is 23.6. The minimum absolute atomic E-state index is 0.104. The summed E-state index contributed by atoms with van der Waals surface area (Å²) < 4.78 is 66.1. The van der Waals surface area contributed by atoms with Gasteiger partial charge in [-0.05, 0) is 59.5 Å². The molecule has 0 spiro atoms. The number of fused-ring (bicyclic) bond motifs is 1. The molecule has 0 aliphatic rings. The number of halogens is 1. The van der Waals surface area contributed by atoms with Crippen LogP contribution in [0.15, 0.2) is 88.7 Å². The summed E-state index contributed by atoms with van der Waals surface area (Å²) >= 11 is 6.21. The molecule has 0 radical (unpaired) electrons. The average molecular weight is 645 g/mol. The Kier molecular flexibility index (Phi) is 7.59. The van der Waals surface area contributed by atoms with Crippen LogP contribution < -0.4 is 10.2 Å². The number of nitrogens with one attached hydrogen (secondary N) is 1. The molecular formula is C25H17ClN6O9S2. The van der Waals surface area contributed by atoms with E-state index in [9.17, 15) is 41.2 Å². The van der Waals surface area contributed by atoms with Gasteiger partial charge in [-0.15, -0.1) is 0 Å². The number of hydrogen-bond acceptors (Lipinski definition) is 12. The molecule has 4 aromatic carbocycles. The summed E-state index contributed by atoms with van der Waals surface area (Å²) in [5.41, 5.74) is 0.348. The Bertz CT molecular complexity index is 2150. The predicted octanol–water partition coefficient (Wildman–Crippen LogP) is 5.00. The molecule has 0 amide bonds. The lowest BCUT2D eigenvalue weighted by Crippen LogP contribution is -2.15. The number of nitro benzene ring substituents is 1. The largest absolute Gasteiger partial charge is 0.507 e. The maximum absolute atomic E-state index is 11.9. The second-order valence-corrected chi connectivity index (χ2v) is 12.0. The number of phenolic OH excluding ortho intramolecular Hbond substituents is 1. The minimum atomic E-state index is -4.65. The van der Waals surface area contributed by atoms with Crippen LogP contribution >= 0.6 is 11.6 Å². The summed E-state index contributed by atoms with van der Waals surface area (Å²) in [5, 5.41) is 24.6. The first-order valence-electron chi connectivity index (χ1n) is 11.7. The van der Waals surface area contributed by atoms with E-state index in [0.29, 0.717) is 0 Å². The Morgan fingerprint density at radius 3 is 2.21 bits per heavy atom. The number of benzene rings is 4. The first kappa shape index (κ1) is 29.5. The fourth-order valence-corrected chi connectivity index (χ4v) is 5.28. The molecule has 1 heterocycles. The van der Waals surface area contributed by atoms with Crippen molar-refractivity contribution in [2.45, 2.75) is 9.79 Å². The van der Waals surface area contributed by atoms with Gasteiger partial charge in [0.25, 0.3) is 25.9 Å². The van der Waals surface area contributed by atoms with Crippen molar-refractivity contribution in [1.29, 1.82) is 0 Å². The first-order chi connectivity index (χ1) is 20.2. The van der Waals surface area contributed by atoms with E-state index in [4.69, 9.17) is 11.6 Å². The number of phenols is 1. The highest BCUT2D eigenvalue weighted by Gasteiger charge is 2.22. The van der Waals surface area contributed by atoms with Gasteiger partial charge in [0.05, 0.1) is 20.4 Å². The molecule has 0 aliphatic heterocycles. The number of rotatable bonds is 8. The molecule has 4 N–H and O–H groups in total. The SMILES string of the molecule is O=[N+]([O-])c1cccc(Nc2nc(Cl)nc(N(c3cccc(S(=O)(=O)O)c3)c3ccc4cc(S(=O)(=O)O)cc(O)c4c3)n2)c1. The highest BCUT2D eigenvalue weighted by Crippen LogP contribution is 2.38. The maximum Gasteiger partial charge on any atom is 0.294 e. The average Bonchev–Trinajstić information content (AvgIpc) is 2.92. The summed E-state index contributed by atoms with van der Waals surface area (Å²) in [6.07, 6.45) is 0. The van der Waals surface area contributed by atoms with Gasteiger partial charge in [-0.1, -0.05) is 18.2 Å². The van der Waals surface area contributed by atoms with Crippen LogP contribution in [-0.4, -0.2) is 50.9 Å². The van der Waals surface area contributed by atoms with Crippen molar-refractivity contribution < 1.29 is 36.0 Å². The molecular weight excluding hydrogens is 628 g/mol. The van der Waals surface area contributed by atoms with Gasteiger partial charge in [-0.25, -0.2) is 0 Å². The lowest BCUT2D eigenvalue weighted by molar-refractivity contribution is -0.384. The molecule has 0 aliphatic carbocycles. The number of aromatic nitrogens is 3. The number of non-ortho nitro benzene ring substituents is 1. The summed E-state index contributed by atoms with van der Waals surface area (Å²) in [4.78, 5) is 23.4. The van der Waals surface area contributed by atoms with Gasteiger partial charge >= 0.3 is 0 Å². The number of nitro groups is 1.